The first-order valence-electron chi connectivity index (χ1n) is 1.64. The van der Waals surface area contributed by atoms with Crippen LogP contribution < -0.4 is 0 Å². The Labute approximate surface area is 48.9 Å². The number of hydrogen-bond donors (Lipinski definition) is 0. The minimum absolute atomic E-state index is 7.38. The first-order valence-corrected chi connectivity index (χ1v) is 3.77. The third-order valence-corrected chi connectivity index (χ3v) is 1.44. The van der Waals surface area contributed by atoms with Gasteiger partial charge in [-0.05, 0) is 0 Å². The molecule has 0 aliphatic rings. The second kappa shape index (κ2) is 1.26. The molecule has 0 aromatic rings. The molecule has 0 bridgehead atoms. The monoisotopic (exact) mass is 195 g/mol. The molecule has 9 heteroatoms. The molecule has 10 heavy (non-hydrogen) atoms. The summed E-state index contributed by atoms with van der Waals surface area (Å²) in [6, 6.07) is 0. The van der Waals surface area contributed by atoms with Crippen LogP contribution in [0.3, 0.4) is 0 Å². The number of hydrogen-bond acceptors (Lipinski definition) is 0. The second-order valence-electron chi connectivity index (χ2n) is 1.53. The fraction of sp³-hybridized carbons (Fsp3) is 1.00. The summed E-state index contributed by atoms with van der Waals surface area (Å²) in [7, 11) is -11.5. The fourth-order valence-corrected chi connectivity index (χ4v) is 0. The van der Waals surface area contributed by atoms with Crippen molar-refractivity contribution >= 4 is 7.50 Å². The van der Waals surface area contributed by atoms with E-state index in [1.54, 1.807) is 0 Å². The van der Waals surface area contributed by atoms with E-state index < -0.39 is 13.4 Å². The third-order valence-electron chi connectivity index (χ3n) is 0.479. The van der Waals surface area contributed by atoms with Crippen LogP contribution in [-0.2, 0) is 0 Å². The Bertz CT molecular complexity index is 139. The summed E-state index contributed by atoms with van der Waals surface area (Å²) < 4.78 is 84.6. The topological polar surface area (TPSA) is 0 Å². The molecule has 0 spiro atoms. The van der Waals surface area contributed by atoms with Crippen molar-refractivity contribution < 1.29 is 34.2 Å². The van der Waals surface area contributed by atoms with Crippen molar-refractivity contribution in [3.8, 4) is 0 Å². The van der Waals surface area contributed by atoms with Gasteiger partial charge in [0.15, 0.2) is 0 Å². The Morgan fingerprint density at radius 2 is 0.800 bits per heavy atom. The summed E-state index contributed by atoms with van der Waals surface area (Å²) in [4.78, 5) is 0. The van der Waals surface area contributed by atoms with E-state index in [0.717, 1.165) is 0 Å². The summed E-state index contributed by atoms with van der Waals surface area (Å²) in [5, 5.41) is 0. The molecule has 0 atom stereocenters. The molecule has 0 aliphatic carbocycles. The number of rotatable bonds is 0. The summed E-state index contributed by atoms with van der Waals surface area (Å²) in [5.41, 5.74) is 0. The summed E-state index contributed by atoms with van der Waals surface area (Å²) in [6.45, 7) is 0. The van der Waals surface area contributed by atoms with Gasteiger partial charge in [-0.3, -0.25) is 0 Å². The van der Waals surface area contributed by atoms with Gasteiger partial charge in [-0.1, -0.05) is 0 Å². The van der Waals surface area contributed by atoms with E-state index in [9.17, 15) is 34.2 Å². The zero-order valence-corrected chi connectivity index (χ0v) is 4.87. The molecule has 0 saturated carbocycles. The zero-order chi connectivity index (χ0) is 8.91. The Morgan fingerprint density at radius 1 is 0.700 bits per heavy atom. The molecule has 0 unspecified atom stereocenters. The number of alkyl halides is 3. The molecule has 0 amide bonds. The first-order chi connectivity index (χ1) is 3.75. The van der Waals surface area contributed by atoms with E-state index >= 15 is 0 Å². The van der Waals surface area contributed by atoms with Crippen molar-refractivity contribution in [2.24, 2.45) is 0 Å². The molecule has 0 rings (SSSR count). The average molecular weight is 195 g/mol. The Kier molecular flexibility index (Phi) is 1.24. The maximum atomic E-state index is 10.6. The van der Waals surface area contributed by atoms with Crippen molar-refractivity contribution in [1.82, 2.24) is 0 Å². The van der Waals surface area contributed by atoms with Gasteiger partial charge in [0.2, 0.25) is 0 Å². The van der Waals surface area contributed by atoms with Crippen LogP contribution in [0, 0.1) is 0 Å². The van der Waals surface area contributed by atoms with Crippen molar-refractivity contribution in [2.45, 2.75) is 5.92 Å². The number of halogens is 8. The van der Waals surface area contributed by atoms with Crippen LogP contribution in [0.4, 0.5) is 34.2 Å². The van der Waals surface area contributed by atoms with Crippen LogP contribution in [-0.4, -0.2) is 5.92 Å². The molecular formula is CF8P-. The molecule has 66 valence electrons. The van der Waals surface area contributed by atoms with Crippen LogP contribution in [0.1, 0.15) is 0 Å². The molecule has 0 saturated heterocycles. The molecule has 0 N–H and O–H groups in total. The van der Waals surface area contributed by atoms with Crippen molar-refractivity contribution in [3.63, 3.8) is 0 Å². The molecule has 0 aliphatic heterocycles. The van der Waals surface area contributed by atoms with Gasteiger partial charge < -0.3 is 0 Å². The van der Waals surface area contributed by atoms with E-state index in [0.29, 0.717) is 0 Å². The van der Waals surface area contributed by atoms with Crippen molar-refractivity contribution in [3.05, 3.63) is 0 Å². The summed E-state index contributed by atoms with van der Waals surface area (Å²) in [5.74, 6) is -7.38. The van der Waals surface area contributed by atoms with Crippen LogP contribution >= 0.6 is 7.50 Å². The maximum absolute atomic E-state index is 11.5. The van der Waals surface area contributed by atoms with E-state index in [2.05, 4.69) is 0 Å². The minimum atomic E-state index is -11.5. The van der Waals surface area contributed by atoms with E-state index in [4.69, 9.17) is 0 Å². The van der Waals surface area contributed by atoms with Gasteiger partial charge in [0, 0.05) is 0 Å². The van der Waals surface area contributed by atoms with Gasteiger partial charge in [-0.15, -0.1) is 0 Å². The molecule has 0 heterocycles. The second-order valence-corrected chi connectivity index (χ2v) is 4.16. The molecule has 0 fully saturated rings. The summed E-state index contributed by atoms with van der Waals surface area (Å²) in [6.07, 6.45) is 0. The van der Waals surface area contributed by atoms with Gasteiger partial charge in [0.1, 0.15) is 0 Å². The quantitative estimate of drug-likeness (QED) is 0.404. The SMILES string of the molecule is FC(F)(F)[P-](F)(F)(F)(F)F. The molecule has 0 radical (unpaired) electrons. The van der Waals surface area contributed by atoms with Crippen LogP contribution in [0.15, 0.2) is 0 Å². The third kappa shape index (κ3) is 1.68. The average Bonchev–Trinajstić information content (AvgIpc) is 1.16. The zero-order valence-electron chi connectivity index (χ0n) is 3.97. The summed E-state index contributed by atoms with van der Waals surface area (Å²) >= 11 is 0. The predicted molar refractivity (Wildman–Crippen MR) is 18.5 cm³/mol. The van der Waals surface area contributed by atoms with Gasteiger partial charge in [0.25, 0.3) is 0 Å². The van der Waals surface area contributed by atoms with Crippen LogP contribution in [0.25, 0.3) is 0 Å². The molecule has 0 aromatic carbocycles. The van der Waals surface area contributed by atoms with E-state index in [-0.39, 0.29) is 0 Å². The van der Waals surface area contributed by atoms with Gasteiger partial charge >= 0.3 is 47.6 Å². The first kappa shape index (κ1) is 9.87. The van der Waals surface area contributed by atoms with Gasteiger partial charge in [-0.25, -0.2) is 0 Å². The fourth-order valence-electron chi connectivity index (χ4n) is 0. The van der Waals surface area contributed by atoms with Crippen LogP contribution in [0.2, 0.25) is 0 Å². The predicted octanol–water partition coefficient (Wildman–Crippen LogP) is 4.02. The van der Waals surface area contributed by atoms with Crippen molar-refractivity contribution in [2.75, 3.05) is 0 Å². The van der Waals surface area contributed by atoms with E-state index in [1.165, 1.54) is 0 Å². The van der Waals surface area contributed by atoms with E-state index in [1.807, 2.05) is 0 Å². The Hall–Kier alpha value is -0.130. The Balaban J connectivity index is 5.14. The van der Waals surface area contributed by atoms with Crippen LogP contribution in [0.5, 0.6) is 0 Å². The van der Waals surface area contributed by atoms with Crippen molar-refractivity contribution in [1.29, 1.82) is 0 Å². The van der Waals surface area contributed by atoms with Gasteiger partial charge in [0.05, 0.1) is 0 Å². The molecular weight excluding hydrogens is 195 g/mol. The standard InChI is InChI=1S/CF8P/c2-1(3,4)10(5,6,7,8)9/q-1. The molecule has 0 nitrogen and oxygen atoms in total. The molecule has 0 aromatic heterocycles. The Morgan fingerprint density at radius 3 is 0.800 bits per heavy atom. The normalized spacial score (nSPS) is 21.6. The van der Waals surface area contributed by atoms with Gasteiger partial charge in [-0.2, -0.15) is 0 Å².